The van der Waals surface area contributed by atoms with Crippen molar-refractivity contribution in [2.24, 2.45) is 0 Å². The van der Waals surface area contributed by atoms with Crippen molar-refractivity contribution >= 4 is 5.91 Å². The summed E-state index contributed by atoms with van der Waals surface area (Å²) in [7, 11) is 0. The minimum atomic E-state index is 0.0745. The Labute approximate surface area is 116 Å². The van der Waals surface area contributed by atoms with Crippen molar-refractivity contribution in [1.82, 2.24) is 10.6 Å². The Balaban J connectivity index is 2.32. The predicted molar refractivity (Wildman–Crippen MR) is 80.1 cm³/mol. The normalized spacial score (nSPS) is 12.5. The van der Waals surface area contributed by atoms with Gasteiger partial charge in [0.25, 0.3) is 0 Å². The highest BCUT2D eigenvalue weighted by molar-refractivity contribution is 5.76. The minimum Gasteiger partial charge on any atom is -0.350 e. The zero-order chi connectivity index (χ0) is 14.3. The SMILES string of the molecule is Cc1cccc([C@@H](C)NC(=O)CCCNC(C)C)c1. The van der Waals surface area contributed by atoms with Crippen LogP contribution >= 0.6 is 0 Å². The van der Waals surface area contributed by atoms with Gasteiger partial charge in [0.2, 0.25) is 5.91 Å². The Bertz CT molecular complexity index is 401. The molecule has 106 valence electrons. The molecule has 0 aliphatic rings. The van der Waals surface area contributed by atoms with Gasteiger partial charge in [-0.1, -0.05) is 43.7 Å². The van der Waals surface area contributed by atoms with Gasteiger partial charge >= 0.3 is 0 Å². The van der Waals surface area contributed by atoms with E-state index in [1.807, 2.05) is 13.0 Å². The molecule has 0 bridgehead atoms. The van der Waals surface area contributed by atoms with E-state index in [0.717, 1.165) is 18.5 Å². The molecule has 0 saturated carbocycles. The van der Waals surface area contributed by atoms with Crippen LogP contribution in [0, 0.1) is 6.92 Å². The Morgan fingerprint density at radius 1 is 1.26 bits per heavy atom. The third-order valence-electron chi connectivity index (χ3n) is 3.05. The molecular weight excluding hydrogens is 236 g/mol. The fraction of sp³-hybridized carbons (Fsp3) is 0.562. The highest BCUT2D eigenvalue weighted by Gasteiger charge is 2.09. The molecule has 1 aromatic rings. The summed E-state index contributed by atoms with van der Waals surface area (Å²) in [6.45, 7) is 9.21. The maximum atomic E-state index is 11.8. The second kappa shape index (κ2) is 7.95. The molecule has 19 heavy (non-hydrogen) atoms. The van der Waals surface area contributed by atoms with Gasteiger partial charge in [-0.3, -0.25) is 4.79 Å². The van der Waals surface area contributed by atoms with E-state index in [9.17, 15) is 4.79 Å². The molecule has 0 spiro atoms. The number of carbonyl (C=O) groups excluding carboxylic acids is 1. The van der Waals surface area contributed by atoms with E-state index in [2.05, 4.69) is 49.6 Å². The van der Waals surface area contributed by atoms with E-state index < -0.39 is 0 Å². The van der Waals surface area contributed by atoms with Crippen LogP contribution in [0.25, 0.3) is 0 Å². The number of hydrogen-bond donors (Lipinski definition) is 2. The van der Waals surface area contributed by atoms with Crippen molar-refractivity contribution in [2.75, 3.05) is 6.54 Å². The summed E-state index contributed by atoms with van der Waals surface area (Å²) in [6.07, 6.45) is 1.46. The lowest BCUT2D eigenvalue weighted by molar-refractivity contribution is -0.121. The number of nitrogens with one attached hydrogen (secondary N) is 2. The van der Waals surface area contributed by atoms with Gasteiger partial charge in [0.1, 0.15) is 0 Å². The van der Waals surface area contributed by atoms with Gasteiger partial charge in [-0.2, -0.15) is 0 Å². The van der Waals surface area contributed by atoms with Crippen LogP contribution in [0.5, 0.6) is 0 Å². The van der Waals surface area contributed by atoms with Gasteiger partial charge in [0.05, 0.1) is 6.04 Å². The van der Waals surface area contributed by atoms with Crippen LogP contribution in [0.3, 0.4) is 0 Å². The largest absolute Gasteiger partial charge is 0.350 e. The summed E-state index contributed by atoms with van der Waals surface area (Å²) in [5.41, 5.74) is 2.38. The van der Waals surface area contributed by atoms with Crippen molar-refractivity contribution in [3.63, 3.8) is 0 Å². The second-order valence-corrected chi connectivity index (χ2v) is 5.42. The monoisotopic (exact) mass is 262 g/mol. The van der Waals surface area contributed by atoms with Crippen LogP contribution in [-0.2, 0) is 4.79 Å². The molecule has 0 heterocycles. The van der Waals surface area contributed by atoms with Crippen molar-refractivity contribution in [1.29, 1.82) is 0 Å². The van der Waals surface area contributed by atoms with E-state index in [-0.39, 0.29) is 11.9 Å². The molecule has 2 N–H and O–H groups in total. The van der Waals surface area contributed by atoms with Crippen LogP contribution in [0.15, 0.2) is 24.3 Å². The van der Waals surface area contributed by atoms with Crippen molar-refractivity contribution in [3.8, 4) is 0 Å². The molecule has 1 aromatic carbocycles. The maximum absolute atomic E-state index is 11.8. The first-order chi connectivity index (χ1) is 8.99. The summed E-state index contributed by atoms with van der Waals surface area (Å²) in [4.78, 5) is 11.8. The highest BCUT2D eigenvalue weighted by atomic mass is 16.1. The van der Waals surface area contributed by atoms with Crippen LogP contribution < -0.4 is 10.6 Å². The first-order valence-electron chi connectivity index (χ1n) is 7.08. The van der Waals surface area contributed by atoms with Crippen LogP contribution in [0.4, 0.5) is 0 Å². The average molecular weight is 262 g/mol. The standard InChI is InChI=1S/C16H26N2O/c1-12(2)17-10-6-9-16(19)18-14(4)15-8-5-7-13(3)11-15/h5,7-8,11-12,14,17H,6,9-10H2,1-4H3,(H,18,19)/t14-/m1/s1. The van der Waals surface area contributed by atoms with Crippen molar-refractivity contribution in [2.45, 2.75) is 52.6 Å². The number of amides is 1. The topological polar surface area (TPSA) is 41.1 Å². The van der Waals surface area contributed by atoms with Gasteiger partial charge in [0.15, 0.2) is 0 Å². The maximum Gasteiger partial charge on any atom is 0.220 e. The first kappa shape index (κ1) is 15.7. The number of hydrogen-bond acceptors (Lipinski definition) is 2. The lowest BCUT2D eigenvalue weighted by Crippen LogP contribution is -2.28. The van der Waals surface area contributed by atoms with Crippen LogP contribution in [-0.4, -0.2) is 18.5 Å². The molecule has 0 unspecified atom stereocenters. The second-order valence-electron chi connectivity index (χ2n) is 5.42. The fourth-order valence-corrected chi connectivity index (χ4v) is 1.98. The summed E-state index contributed by atoms with van der Waals surface area (Å²) in [5.74, 6) is 0.125. The number of carbonyl (C=O) groups is 1. The molecule has 0 fully saturated rings. The highest BCUT2D eigenvalue weighted by Crippen LogP contribution is 2.13. The van der Waals surface area contributed by atoms with Crippen molar-refractivity contribution in [3.05, 3.63) is 35.4 Å². The predicted octanol–water partition coefficient (Wildman–Crippen LogP) is 2.95. The quantitative estimate of drug-likeness (QED) is 0.742. The number of benzene rings is 1. The molecule has 1 amide bonds. The number of rotatable bonds is 7. The zero-order valence-electron chi connectivity index (χ0n) is 12.5. The van der Waals surface area contributed by atoms with E-state index in [4.69, 9.17) is 0 Å². The molecule has 0 saturated heterocycles. The summed E-state index contributed by atoms with van der Waals surface area (Å²) in [6, 6.07) is 8.82. The van der Waals surface area contributed by atoms with Gasteiger partial charge in [0, 0.05) is 12.5 Å². The molecule has 3 nitrogen and oxygen atoms in total. The Morgan fingerprint density at radius 3 is 2.63 bits per heavy atom. The molecule has 0 aliphatic heterocycles. The molecule has 0 aromatic heterocycles. The fourth-order valence-electron chi connectivity index (χ4n) is 1.98. The van der Waals surface area contributed by atoms with Crippen LogP contribution in [0.1, 0.15) is 50.8 Å². The third-order valence-corrected chi connectivity index (χ3v) is 3.05. The zero-order valence-corrected chi connectivity index (χ0v) is 12.5. The van der Waals surface area contributed by atoms with Crippen LogP contribution in [0.2, 0.25) is 0 Å². The summed E-state index contributed by atoms with van der Waals surface area (Å²) >= 11 is 0. The van der Waals surface area contributed by atoms with E-state index in [0.29, 0.717) is 12.5 Å². The molecule has 3 heteroatoms. The lowest BCUT2D eigenvalue weighted by atomic mass is 10.1. The Kier molecular flexibility index (Phi) is 6.57. The van der Waals surface area contributed by atoms with Gasteiger partial charge in [-0.05, 0) is 32.4 Å². The van der Waals surface area contributed by atoms with E-state index >= 15 is 0 Å². The van der Waals surface area contributed by atoms with Crippen molar-refractivity contribution < 1.29 is 4.79 Å². The third kappa shape index (κ3) is 6.39. The van der Waals surface area contributed by atoms with Gasteiger partial charge in [-0.15, -0.1) is 0 Å². The lowest BCUT2D eigenvalue weighted by Gasteiger charge is -2.15. The minimum absolute atomic E-state index is 0.0745. The Hall–Kier alpha value is -1.35. The molecule has 1 atom stereocenters. The van der Waals surface area contributed by atoms with Gasteiger partial charge in [-0.25, -0.2) is 0 Å². The van der Waals surface area contributed by atoms with E-state index in [1.54, 1.807) is 0 Å². The molecule has 0 aliphatic carbocycles. The molecule has 0 radical (unpaired) electrons. The van der Waals surface area contributed by atoms with E-state index in [1.165, 1.54) is 5.56 Å². The molecule has 1 rings (SSSR count). The van der Waals surface area contributed by atoms with Gasteiger partial charge < -0.3 is 10.6 Å². The average Bonchev–Trinajstić information content (AvgIpc) is 2.34. The number of aryl methyl sites for hydroxylation is 1. The molecular formula is C16H26N2O. The Morgan fingerprint density at radius 2 is 2.00 bits per heavy atom. The summed E-state index contributed by atoms with van der Waals surface area (Å²) < 4.78 is 0. The first-order valence-corrected chi connectivity index (χ1v) is 7.08. The summed E-state index contributed by atoms with van der Waals surface area (Å²) in [5, 5.41) is 6.36. The smallest absolute Gasteiger partial charge is 0.220 e.